The van der Waals surface area contributed by atoms with E-state index in [2.05, 4.69) is 21.7 Å². The van der Waals surface area contributed by atoms with Crippen LogP contribution in [0.4, 0.5) is 0 Å². The molecule has 7 nitrogen and oxygen atoms in total. The standard InChI is InChI=1S/C18H20N4O3/c1-3-16-19-20-17-10-21(6-7-22(16)17)18(23)8-12-11-25-15-9-13(24-2)4-5-14(12)15/h4-5,9,11H,3,6-8,10H2,1-2H3. The van der Waals surface area contributed by atoms with Gasteiger partial charge in [-0.1, -0.05) is 6.92 Å². The van der Waals surface area contributed by atoms with Crippen molar-refractivity contribution in [1.29, 1.82) is 0 Å². The summed E-state index contributed by atoms with van der Waals surface area (Å²) in [6, 6.07) is 5.64. The van der Waals surface area contributed by atoms with Crippen molar-refractivity contribution in [3.05, 3.63) is 41.7 Å². The third-order valence-electron chi connectivity index (χ3n) is 4.70. The van der Waals surface area contributed by atoms with Gasteiger partial charge in [0, 0.05) is 36.5 Å². The van der Waals surface area contributed by atoms with Crippen molar-refractivity contribution in [2.45, 2.75) is 32.9 Å². The molecule has 4 rings (SSSR count). The SMILES string of the molecule is CCc1nnc2n1CCN(C(=O)Cc1coc3cc(OC)ccc13)C2. The van der Waals surface area contributed by atoms with Crippen LogP contribution < -0.4 is 4.74 Å². The first-order chi connectivity index (χ1) is 12.2. The number of methoxy groups -OCH3 is 1. The Bertz CT molecular complexity index is 928. The molecule has 1 aromatic carbocycles. The molecule has 7 heteroatoms. The highest BCUT2D eigenvalue weighted by Gasteiger charge is 2.24. The smallest absolute Gasteiger partial charge is 0.227 e. The van der Waals surface area contributed by atoms with Crippen LogP contribution in [0.15, 0.2) is 28.9 Å². The lowest BCUT2D eigenvalue weighted by Crippen LogP contribution is -2.39. The van der Waals surface area contributed by atoms with Gasteiger partial charge in [0.2, 0.25) is 5.91 Å². The van der Waals surface area contributed by atoms with Crippen molar-refractivity contribution < 1.29 is 13.9 Å². The summed E-state index contributed by atoms with van der Waals surface area (Å²) in [5.74, 6) is 2.66. The Morgan fingerprint density at radius 1 is 1.32 bits per heavy atom. The molecule has 1 aliphatic rings. The summed E-state index contributed by atoms with van der Waals surface area (Å²) in [5, 5.41) is 9.35. The highest BCUT2D eigenvalue weighted by Crippen LogP contribution is 2.26. The Morgan fingerprint density at radius 3 is 3.00 bits per heavy atom. The van der Waals surface area contributed by atoms with E-state index in [0.29, 0.717) is 19.5 Å². The Morgan fingerprint density at radius 2 is 2.20 bits per heavy atom. The van der Waals surface area contributed by atoms with Gasteiger partial charge < -0.3 is 18.6 Å². The van der Waals surface area contributed by atoms with Crippen molar-refractivity contribution in [1.82, 2.24) is 19.7 Å². The lowest BCUT2D eigenvalue weighted by atomic mass is 10.1. The molecule has 0 aliphatic carbocycles. The minimum atomic E-state index is 0.0748. The maximum Gasteiger partial charge on any atom is 0.227 e. The van der Waals surface area contributed by atoms with Crippen molar-refractivity contribution in [2.24, 2.45) is 0 Å². The number of hydrogen-bond acceptors (Lipinski definition) is 5. The third kappa shape index (κ3) is 2.75. The van der Waals surface area contributed by atoms with Gasteiger partial charge in [-0.15, -0.1) is 10.2 Å². The molecule has 25 heavy (non-hydrogen) atoms. The molecule has 0 saturated heterocycles. The van der Waals surface area contributed by atoms with E-state index in [1.165, 1.54) is 0 Å². The van der Waals surface area contributed by atoms with E-state index in [0.717, 1.165) is 46.9 Å². The van der Waals surface area contributed by atoms with Gasteiger partial charge in [0.05, 0.1) is 26.3 Å². The minimum Gasteiger partial charge on any atom is -0.497 e. The number of nitrogens with zero attached hydrogens (tertiary/aromatic N) is 4. The molecule has 0 fully saturated rings. The summed E-state index contributed by atoms with van der Waals surface area (Å²) in [5.41, 5.74) is 1.62. The van der Waals surface area contributed by atoms with Crippen LogP contribution in [-0.4, -0.2) is 39.2 Å². The van der Waals surface area contributed by atoms with Crippen LogP contribution in [0.2, 0.25) is 0 Å². The molecule has 3 aromatic rings. The fourth-order valence-electron chi connectivity index (χ4n) is 3.29. The molecular weight excluding hydrogens is 320 g/mol. The number of benzene rings is 1. The van der Waals surface area contributed by atoms with Crippen LogP contribution in [0, 0.1) is 0 Å². The van der Waals surface area contributed by atoms with Gasteiger partial charge in [0.25, 0.3) is 0 Å². The summed E-state index contributed by atoms with van der Waals surface area (Å²) in [4.78, 5) is 14.6. The van der Waals surface area contributed by atoms with Gasteiger partial charge in [-0.3, -0.25) is 4.79 Å². The molecular formula is C18H20N4O3. The maximum absolute atomic E-state index is 12.7. The number of fused-ring (bicyclic) bond motifs is 2. The van der Waals surface area contributed by atoms with Gasteiger partial charge in [0.1, 0.15) is 17.2 Å². The van der Waals surface area contributed by atoms with E-state index >= 15 is 0 Å². The molecule has 130 valence electrons. The minimum absolute atomic E-state index is 0.0748. The monoisotopic (exact) mass is 340 g/mol. The zero-order valence-electron chi connectivity index (χ0n) is 14.4. The molecule has 1 amide bonds. The second kappa shape index (κ2) is 6.23. The largest absolute Gasteiger partial charge is 0.497 e. The molecule has 0 atom stereocenters. The number of amides is 1. The Hall–Kier alpha value is -2.83. The number of carbonyl (C=O) groups is 1. The highest BCUT2D eigenvalue weighted by atomic mass is 16.5. The number of rotatable bonds is 4. The molecule has 0 spiro atoms. The number of furan rings is 1. The zero-order chi connectivity index (χ0) is 17.4. The van der Waals surface area contributed by atoms with Gasteiger partial charge in [-0.25, -0.2) is 0 Å². The highest BCUT2D eigenvalue weighted by molar-refractivity contribution is 5.88. The van der Waals surface area contributed by atoms with Crippen molar-refractivity contribution in [3.63, 3.8) is 0 Å². The van der Waals surface area contributed by atoms with Gasteiger partial charge >= 0.3 is 0 Å². The molecule has 0 saturated carbocycles. The van der Waals surface area contributed by atoms with Gasteiger partial charge in [-0.2, -0.15) is 0 Å². The number of hydrogen-bond donors (Lipinski definition) is 0. The van der Waals surface area contributed by atoms with Crippen LogP contribution in [0.25, 0.3) is 11.0 Å². The van der Waals surface area contributed by atoms with Crippen LogP contribution in [-0.2, 0) is 30.7 Å². The first kappa shape index (κ1) is 15.7. The second-order valence-electron chi connectivity index (χ2n) is 6.15. The molecule has 0 N–H and O–H groups in total. The predicted molar refractivity (Wildman–Crippen MR) is 91.3 cm³/mol. The molecule has 1 aliphatic heterocycles. The van der Waals surface area contributed by atoms with Gasteiger partial charge in [0.15, 0.2) is 5.82 Å². The van der Waals surface area contributed by atoms with E-state index in [9.17, 15) is 4.79 Å². The number of aromatic nitrogens is 3. The van der Waals surface area contributed by atoms with E-state index in [1.807, 2.05) is 23.1 Å². The Kier molecular flexibility index (Phi) is 3.91. The maximum atomic E-state index is 12.7. The number of carbonyl (C=O) groups excluding carboxylic acids is 1. The quantitative estimate of drug-likeness (QED) is 0.728. The number of ether oxygens (including phenoxy) is 1. The average Bonchev–Trinajstić information content (AvgIpc) is 3.24. The summed E-state index contributed by atoms with van der Waals surface area (Å²) in [6.45, 7) is 4.00. The molecule has 3 heterocycles. The summed E-state index contributed by atoms with van der Waals surface area (Å²) in [6.07, 6.45) is 2.82. The van der Waals surface area contributed by atoms with Crippen LogP contribution in [0.5, 0.6) is 5.75 Å². The lowest BCUT2D eigenvalue weighted by Gasteiger charge is -2.27. The summed E-state index contributed by atoms with van der Waals surface area (Å²) < 4.78 is 12.9. The van der Waals surface area contributed by atoms with Crippen LogP contribution >= 0.6 is 0 Å². The van der Waals surface area contributed by atoms with Crippen molar-refractivity contribution in [2.75, 3.05) is 13.7 Å². The third-order valence-corrected chi connectivity index (χ3v) is 4.70. The van der Waals surface area contributed by atoms with Crippen LogP contribution in [0.3, 0.4) is 0 Å². The summed E-state index contributed by atoms with van der Waals surface area (Å²) in [7, 11) is 1.62. The van der Waals surface area contributed by atoms with Gasteiger partial charge in [-0.05, 0) is 12.1 Å². The fraction of sp³-hybridized carbons (Fsp3) is 0.389. The molecule has 2 aromatic heterocycles. The first-order valence-electron chi connectivity index (χ1n) is 8.42. The molecule has 0 radical (unpaired) electrons. The molecule has 0 unspecified atom stereocenters. The van der Waals surface area contributed by atoms with E-state index in [4.69, 9.17) is 9.15 Å². The van der Waals surface area contributed by atoms with E-state index in [-0.39, 0.29) is 5.91 Å². The Labute approximate surface area is 145 Å². The predicted octanol–water partition coefficient (Wildman–Crippen LogP) is 2.18. The normalized spacial score (nSPS) is 13.9. The zero-order valence-corrected chi connectivity index (χ0v) is 14.4. The average molecular weight is 340 g/mol. The second-order valence-corrected chi connectivity index (χ2v) is 6.15. The topological polar surface area (TPSA) is 73.4 Å². The van der Waals surface area contributed by atoms with Crippen molar-refractivity contribution in [3.8, 4) is 5.75 Å². The van der Waals surface area contributed by atoms with Crippen molar-refractivity contribution >= 4 is 16.9 Å². The number of aryl methyl sites for hydroxylation is 1. The van der Waals surface area contributed by atoms with Crippen LogP contribution in [0.1, 0.15) is 24.1 Å². The van der Waals surface area contributed by atoms with E-state index in [1.54, 1.807) is 13.4 Å². The summed E-state index contributed by atoms with van der Waals surface area (Å²) >= 11 is 0. The Balaban J connectivity index is 1.51. The molecule has 0 bridgehead atoms. The first-order valence-corrected chi connectivity index (χ1v) is 8.42. The van der Waals surface area contributed by atoms with E-state index < -0.39 is 0 Å². The lowest BCUT2D eigenvalue weighted by molar-refractivity contribution is -0.132. The fourth-order valence-corrected chi connectivity index (χ4v) is 3.29.